The number of H-pyrrole nitrogens is 1. The Bertz CT molecular complexity index is 1120. The number of rotatable bonds is 5. The molecule has 0 saturated carbocycles. The lowest BCUT2D eigenvalue weighted by atomic mass is 10.0. The Morgan fingerprint density at radius 1 is 1.31 bits per heavy atom. The molecule has 1 atom stereocenters. The number of aliphatic carboxylic acids is 1. The van der Waals surface area contributed by atoms with Crippen LogP contribution in [0, 0.1) is 13.8 Å². The van der Waals surface area contributed by atoms with E-state index < -0.39 is 12.0 Å². The highest BCUT2D eigenvalue weighted by atomic mass is 32.1. The second-order valence-corrected chi connectivity index (χ2v) is 7.49. The fourth-order valence-electron chi connectivity index (χ4n) is 3.18. The van der Waals surface area contributed by atoms with Crippen LogP contribution in [0.15, 0.2) is 36.8 Å². The summed E-state index contributed by atoms with van der Waals surface area (Å²) in [5, 5.41) is 14.8. The van der Waals surface area contributed by atoms with E-state index in [9.17, 15) is 9.90 Å². The molecule has 0 bridgehead atoms. The van der Waals surface area contributed by atoms with Crippen LogP contribution in [0.4, 0.5) is 5.82 Å². The number of aromatic amines is 1. The van der Waals surface area contributed by atoms with Gasteiger partial charge in [0.2, 0.25) is 0 Å². The van der Waals surface area contributed by atoms with Gasteiger partial charge in [-0.05, 0) is 31.0 Å². The molecule has 0 aliphatic heterocycles. The van der Waals surface area contributed by atoms with Crippen LogP contribution in [0.3, 0.4) is 0 Å². The lowest BCUT2D eigenvalue weighted by molar-refractivity contribution is -0.137. The van der Waals surface area contributed by atoms with Crippen LogP contribution in [0.25, 0.3) is 21.1 Å². The number of aromatic nitrogens is 3. The van der Waals surface area contributed by atoms with Crippen LogP contribution >= 0.6 is 11.3 Å². The lowest BCUT2D eigenvalue weighted by Crippen LogP contribution is -2.32. The van der Waals surface area contributed by atoms with Crippen LogP contribution in [0.1, 0.15) is 16.0 Å². The summed E-state index contributed by atoms with van der Waals surface area (Å²) in [7, 11) is 0. The topological polar surface area (TPSA) is 90.9 Å². The fourth-order valence-corrected chi connectivity index (χ4v) is 4.17. The second kappa shape index (κ2) is 6.42. The van der Waals surface area contributed by atoms with Gasteiger partial charge in [-0.2, -0.15) is 0 Å². The number of nitrogens with zero attached hydrogens (tertiary/aromatic N) is 2. The SMILES string of the molecule is Cc1sc2ncnc(N[C@H](Cc3c[nH]c4ccccc34)C(=O)O)c2c1C. The quantitative estimate of drug-likeness (QED) is 0.498. The summed E-state index contributed by atoms with van der Waals surface area (Å²) in [6, 6.07) is 7.10. The summed E-state index contributed by atoms with van der Waals surface area (Å²) >= 11 is 1.59. The number of aryl methyl sites for hydroxylation is 2. The van der Waals surface area contributed by atoms with Gasteiger partial charge in [0.1, 0.15) is 23.0 Å². The first-order valence-electron chi connectivity index (χ1n) is 8.29. The lowest BCUT2D eigenvalue weighted by Gasteiger charge is -2.15. The Balaban J connectivity index is 1.69. The van der Waals surface area contributed by atoms with Crippen molar-refractivity contribution in [1.82, 2.24) is 15.0 Å². The summed E-state index contributed by atoms with van der Waals surface area (Å²) < 4.78 is 0. The molecule has 3 N–H and O–H groups in total. The van der Waals surface area contributed by atoms with Gasteiger partial charge in [-0.15, -0.1) is 11.3 Å². The van der Waals surface area contributed by atoms with E-state index in [1.807, 2.05) is 44.3 Å². The maximum atomic E-state index is 11.9. The van der Waals surface area contributed by atoms with Gasteiger partial charge in [0.15, 0.2) is 0 Å². The average Bonchev–Trinajstić information content (AvgIpc) is 3.16. The molecule has 1 aromatic carbocycles. The van der Waals surface area contributed by atoms with Crippen molar-refractivity contribution in [1.29, 1.82) is 0 Å². The third kappa shape index (κ3) is 2.80. The highest BCUT2D eigenvalue weighted by Crippen LogP contribution is 2.33. The third-order valence-corrected chi connectivity index (χ3v) is 5.79. The summed E-state index contributed by atoms with van der Waals surface area (Å²) in [5.74, 6) is -0.337. The zero-order chi connectivity index (χ0) is 18.3. The van der Waals surface area contributed by atoms with E-state index in [1.165, 1.54) is 6.33 Å². The van der Waals surface area contributed by atoms with Crippen molar-refractivity contribution in [2.24, 2.45) is 0 Å². The largest absolute Gasteiger partial charge is 0.480 e. The van der Waals surface area contributed by atoms with E-state index in [2.05, 4.69) is 20.3 Å². The van der Waals surface area contributed by atoms with Crippen molar-refractivity contribution in [3.63, 3.8) is 0 Å². The number of carbonyl (C=O) groups is 1. The number of benzene rings is 1. The molecular formula is C19H18N4O2S. The number of hydrogen-bond donors (Lipinski definition) is 3. The monoisotopic (exact) mass is 366 g/mol. The minimum atomic E-state index is -0.911. The summed E-state index contributed by atoms with van der Waals surface area (Å²) in [6.45, 7) is 4.05. The van der Waals surface area contributed by atoms with Gasteiger partial charge in [0.25, 0.3) is 0 Å². The summed E-state index contributed by atoms with van der Waals surface area (Å²) in [4.78, 5) is 25.7. The molecule has 3 aromatic heterocycles. The Labute approximate surface area is 153 Å². The standard InChI is InChI=1S/C19H18N4O2S/c1-10-11(2)26-18-16(10)17(21-9-22-18)23-15(19(24)25)7-12-8-20-14-6-4-3-5-13(12)14/h3-6,8-9,15,20H,7H2,1-2H3,(H,24,25)(H,21,22,23)/t15-/m1/s1. The number of para-hydroxylation sites is 1. The predicted octanol–water partition coefficient (Wildman–Crippen LogP) is 3.90. The second-order valence-electron chi connectivity index (χ2n) is 6.28. The van der Waals surface area contributed by atoms with Crippen molar-refractivity contribution in [3.05, 3.63) is 52.8 Å². The number of fused-ring (bicyclic) bond motifs is 2. The van der Waals surface area contributed by atoms with E-state index in [1.54, 1.807) is 11.3 Å². The van der Waals surface area contributed by atoms with Gasteiger partial charge in [-0.1, -0.05) is 18.2 Å². The van der Waals surface area contributed by atoms with E-state index in [-0.39, 0.29) is 0 Å². The zero-order valence-corrected chi connectivity index (χ0v) is 15.2. The minimum Gasteiger partial charge on any atom is -0.480 e. The number of carboxylic acids is 1. The molecule has 0 fully saturated rings. The Kier molecular flexibility index (Phi) is 4.08. The molecule has 0 radical (unpaired) electrons. The van der Waals surface area contributed by atoms with Crippen LogP contribution in [0.2, 0.25) is 0 Å². The number of nitrogens with one attached hydrogen (secondary N) is 2. The van der Waals surface area contributed by atoms with E-state index in [0.717, 1.165) is 37.1 Å². The van der Waals surface area contributed by atoms with Crippen LogP contribution in [0.5, 0.6) is 0 Å². The Morgan fingerprint density at radius 2 is 2.12 bits per heavy atom. The van der Waals surface area contributed by atoms with Crippen molar-refractivity contribution < 1.29 is 9.90 Å². The molecule has 0 amide bonds. The first kappa shape index (κ1) is 16.5. The molecule has 6 nitrogen and oxygen atoms in total. The molecular weight excluding hydrogens is 348 g/mol. The molecule has 3 heterocycles. The molecule has 0 unspecified atom stereocenters. The molecule has 0 aliphatic rings. The van der Waals surface area contributed by atoms with Gasteiger partial charge in [-0.25, -0.2) is 14.8 Å². The average molecular weight is 366 g/mol. The van der Waals surface area contributed by atoms with Gasteiger partial charge < -0.3 is 15.4 Å². The van der Waals surface area contributed by atoms with Crippen LogP contribution < -0.4 is 5.32 Å². The van der Waals surface area contributed by atoms with Gasteiger partial charge >= 0.3 is 5.97 Å². The van der Waals surface area contributed by atoms with Crippen LogP contribution in [-0.2, 0) is 11.2 Å². The molecule has 4 rings (SSSR count). The Hall–Kier alpha value is -2.93. The van der Waals surface area contributed by atoms with Gasteiger partial charge in [0, 0.05) is 28.4 Å². The normalized spacial score (nSPS) is 12.5. The van der Waals surface area contributed by atoms with Gasteiger partial charge in [-0.3, -0.25) is 0 Å². The fraction of sp³-hybridized carbons (Fsp3) is 0.211. The van der Waals surface area contributed by atoms with Crippen molar-refractivity contribution in [3.8, 4) is 0 Å². The summed E-state index contributed by atoms with van der Waals surface area (Å²) in [5.41, 5.74) is 3.05. The molecule has 7 heteroatoms. The number of thiophene rings is 1. The predicted molar refractivity (Wildman–Crippen MR) is 104 cm³/mol. The molecule has 26 heavy (non-hydrogen) atoms. The smallest absolute Gasteiger partial charge is 0.326 e. The first-order valence-corrected chi connectivity index (χ1v) is 9.11. The molecule has 4 aromatic rings. The molecule has 0 spiro atoms. The van der Waals surface area contributed by atoms with E-state index in [4.69, 9.17) is 0 Å². The maximum absolute atomic E-state index is 11.9. The number of hydrogen-bond acceptors (Lipinski definition) is 5. The maximum Gasteiger partial charge on any atom is 0.326 e. The third-order valence-electron chi connectivity index (χ3n) is 4.67. The van der Waals surface area contributed by atoms with Gasteiger partial charge in [0.05, 0.1) is 5.39 Å². The van der Waals surface area contributed by atoms with E-state index in [0.29, 0.717) is 12.2 Å². The number of anilines is 1. The van der Waals surface area contributed by atoms with Crippen molar-refractivity contribution in [2.75, 3.05) is 5.32 Å². The minimum absolute atomic E-state index is 0.354. The van der Waals surface area contributed by atoms with Crippen molar-refractivity contribution >= 4 is 44.2 Å². The highest BCUT2D eigenvalue weighted by molar-refractivity contribution is 7.18. The Morgan fingerprint density at radius 3 is 2.92 bits per heavy atom. The highest BCUT2D eigenvalue weighted by Gasteiger charge is 2.22. The summed E-state index contributed by atoms with van der Waals surface area (Å²) in [6.07, 6.45) is 3.70. The molecule has 132 valence electrons. The number of carboxylic acid groups (broad SMARTS) is 1. The molecule has 0 aliphatic carbocycles. The van der Waals surface area contributed by atoms with E-state index >= 15 is 0 Å². The molecule has 0 saturated heterocycles. The van der Waals surface area contributed by atoms with Crippen LogP contribution in [-0.4, -0.2) is 32.1 Å². The first-order chi connectivity index (χ1) is 12.5. The van der Waals surface area contributed by atoms with Crippen molar-refractivity contribution in [2.45, 2.75) is 26.3 Å². The zero-order valence-electron chi connectivity index (χ0n) is 14.4.